The highest BCUT2D eigenvalue weighted by atomic mass is 32.2. The van der Waals surface area contributed by atoms with Gasteiger partial charge in [0.15, 0.2) is 4.34 Å². The number of hydrogen-bond acceptors (Lipinski definition) is 5. The Morgan fingerprint density at radius 3 is 2.57 bits per heavy atom. The van der Waals surface area contributed by atoms with Crippen molar-refractivity contribution in [2.75, 3.05) is 18.1 Å². The van der Waals surface area contributed by atoms with E-state index in [9.17, 15) is 9.59 Å². The summed E-state index contributed by atoms with van der Waals surface area (Å²) in [6, 6.07) is 9.70. The SMILES string of the molecule is CNC(=O)CSc1nc(-c2ccccc2)c(NC(=O)C(C)C)s1. The first kappa shape index (κ1) is 17.5. The van der Waals surface area contributed by atoms with Crippen LogP contribution in [-0.4, -0.2) is 29.6 Å². The van der Waals surface area contributed by atoms with Crippen LogP contribution in [0.5, 0.6) is 0 Å². The first-order chi connectivity index (χ1) is 11.0. The zero-order valence-corrected chi connectivity index (χ0v) is 14.9. The smallest absolute Gasteiger partial charge is 0.230 e. The average Bonchev–Trinajstić information content (AvgIpc) is 2.96. The largest absolute Gasteiger partial charge is 0.358 e. The highest BCUT2D eigenvalue weighted by Crippen LogP contribution is 2.37. The molecule has 0 saturated heterocycles. The molecule has 2 N–H and O–H groups in total. The number of amides is 2. The fourth-order valence-corrected chi connectivity index (χ4v) is 3.63. The van der Waals surface area contributed by atoms with E-state index < -0.39 is 0 Å². The van der Waals surface area contributed by atoms with Crippen LogP contribution in [0.4, 0.5) is 5.00 Å². The molecule has 0 bridgehead atoms. The van der Waals surface area contributed by atoms with Crippen LogP contribution < -0.4 is 10.6 Å². The monoisotopic (exact) mass is 349 g/mol. The Morgan fingerprint density at radius 1 is 1.26 bits per heavy atom. The average molecular weight is 349 g/mol. The van der Waals surface area contributed by atoms with Crippen molar-refractivity contribution >= 4 is 39.9 Å². The van der Waals surface area contributed by atoms with Gasteiger partial charge in [0.2, 0.25) is 11.8 Å². The Bertz CT molecular complexity index is 684. The molecule has 0 saturated carbocycles. The van der Waals surface area contributed by atoms with Crippen LogP contribution >= 0.6 is 23.1 Å². The topological polar surface area (TPSA) is 71.1 Å². The zero-order valence-electron chi connectivity index (χ0n) is 13.3. The summed E-state index contributed by atoms with van der Waals surface area (Å²) in [5, 5.41) is 6.23. The Labute approximate surface area is 143 Å². The number of anilines is 1. The number of benzene rings is 1. The second kappa shape index (κ2) is 8.12. The first-order valence-electron chi connectivity index (χ1n) is 7.21. The van der Waals surface area contributed by atoms with Gasteiger partial charge >= 0.3 is 0 Å². The van der Waals surface area contributed by atoms with E-state index in [4.69, 9.17) is 0 Å². The van der Waals surface area contributed by atoms with Crippen LogP contribution in [0.15, 0.2) is 34.7 Å². The summed E-state index contributed by atoms with van der Waals surface area (Å²) in [5.74, 6) is 0.0890. The summed E-state index contributed by atoms with van der Waals surface area (Å²) in [7, 11) is 1.61. The number of carbonyl (C=O) groups is 2. The number of carbonyl (C=O) groups excluding carboxylic acids is 2. The van der Waals surface area contributed by atoms with Gasteiger partial charge in [0.05, 0.1) is 5.75 Å². The molecular formula is C16H19N3O2S2. The molecule has 2 amide bonds. The Kier molecular flexibility index (Phi) is 6.18. The normalized spacial score (nSPS) is 10.6. The van der Waals surface area contributed by atoms with E-state index in [2.05, 4.69) is 15.6 Å². The van der Waals surface area contributed by atoms with E-state index in [0.29, 0.717) is 10.8 Å². The van der Waals surface area contributed by atoms with Crippen molar-refractivity contribution < 1.29 is 9.59 Å². The van der Waals surface area contributed by atoms with Crippen molar-refractivity contribution in [1.82, 2.24) is 10.3 Å². The molecule has 1 aromatic heterocycles. The van der Waals surface area contributed by atoms with Gasteiger partial charge in [0.25, 0.3) is 0 Å². The van der Waals surface area contributed by atoms with Gasteiger partial charge < -0.3 is 10.6 Å². The minimum absolute atomic E-state index is 0.0475. The maximum Gasteiger partial charge on any atom is 0.230 e. The molecule has 0 radical (unpaired) electrons. The number of hydrogen-bond donors (Lipinski definition) is 2. The molecule has 1 heterocycles. The number of aromatic nitrogens is 1. The van der Waals surface area contributed by atoms with Gasteiger partial charge in [-0.15, -0.1) is 0 Å². The molecule has 2 rings (SSSR count). The number of rotatable bonds is 6. The quantitative estimate of drug-likeness (QED) is 0.786. The maximum absolute atomic E-state index is 12.0. The van der Waals surface area contributed by atoms with Crippen molar-refractivity contribution in [3.8, 4) is 11.3 Å². The molecule has 23 heavy (non-hydrogen) atoms. The molecule has 1 aromatic carbocycles. The van der Waals surface area contributed by atoms with E-state index in [1.807, 2.05) is 44.2 Å². The summed E-state index contributed by atoms with van der Waals surface area (Å²) in [5.41, 5.74) is 1.68. The fourth-order valence-electron chi connectivity index (χ4n) is 1.69. The predicted molar refractivity (Wildman–Crippen MR) is 95.8 cm³/mol. The molecule has 0 aliphatic heterocycles. The first-order valence-corrected chi connectivity index (χ1v) is 9.02. The second-order valence-electron chi connectivity index (χ2n) is 5.13. The van der Waals surface area contributed by atoms with E-state index in [1.165, 1.54) is 23.1 Å². The van der Waals surface area contributed by atoms with Crippen LogP contribution in [0.1, 0.15) is 13.8 Å². The molecule has 0 aliphatic rings. The molecule has 0 spiro atoms. The lowest BCUT2D eigenvalue weighted by molar-refractivity contribution is -0.119. The fraction of sp³-hybridized carbons (Fsp3) is 0.312. The van der Waals surface area contributed by atoms with Crippen molar-refractivity contribution in [3.05, 3.63) is 30.3 Å². The molecule has 0 aliphatic carbocycles. The standard InChI is InChI=1S/C16H19N3O2S2/c1-10(2)14(21)19-15-13(11-7-5-4-6-8-11)18-16(23-15)22-9-12(20)17-3/h4-8,10H,9H2,1-3H3,(H,17,20)(H,19,21). The van der Waals surface area contributed by atoms with Crippen molar-refractivity contribution in [1.29, 1.82) is 0 Å². The number of thiazole rings is 1. The van der Waals surface area contributed by atoms with Crippen LogP contribution in [-0.2, 0) is 9.59 Å². The Hall–Kier alpha value is -1.86. The predicted octanol–water partition coefficient (Wildman–Crippen LogP) is 3.24. The lowest BCUT2D eigenvalue weighted by atomic mass is 10.1. The van der Waals surface area contributed by atoms with Gasteiger partial charge in [0, 0.05) is 18.5 Å². The van der Waals surface area contributed by atoms with Gasteiger partial charge in [-0.05, 0) is 0 Å². The third kappa shape index (κ3) is 4.80. The lowest BCUT2D eigenvalue weighted by Crippen LogP contribution is -2.19. The Balaban J connectivity index is 2.28. The minimum atomic E-state index is -0.109. The summed E-state index contributed by atoms with van der Waals surface area (Å²) in [6.45, 7) is 3.69. The van der Waals surface area contributed by atoms with Gasteiger partial charge in [-0.2, -0.15) is 0 Å². The number of nitrogens with zero attached hydrogens (tertiary/aromatic N) is 1. The molecule has 0 fully saturated rings. The van der Waals surface area contributed by atoms with Gasteiger partial charge in [-0.25, -0.2) is 4.98 Å². The van der Waals surface area contributed by atoms with Crippen molar-refractivity contribution in [2.24, 2.45) is 5.92 Å². The molecule has 0 unspecified atom stereocenters. The lowest BCUT2D eigenvalue weighted by Gasteiger charge is -2.07. The molecule has 7 heteroatoms. The molecule has 5 nitrogen and oxygen atoms in total. The Morgan fingerprint density at radius 2 is 1.96 bits per heavy atom. The zero-order chi connectivity index (χ0) is 16.8. The summed E-state index contributed by atoms with van der Waals surface area (Å²) in [6.07, 6.45) is 0. The maximum atomic E-state index is 12.0. The van der Waals surface area contributed by atoms with E-state index in [0.717, 1.165) is 15.6 Å². The summed E-state index contributed by atoms with van der Waals surface area (Å²) >= 11 is 2.75. The van der Waals surface area contributed by atoms with Crippen LogP contribution in [0.3, 0.4) is 0 Å². The number of nitrogens with one attached hydrogen (secondary N) is 2. The second-order valence-corrected chi connectivity index (χ2v) is 7.35. The van der Waals surface area contributed by atoms with Crippen LogP contribution in [0.25, 0.3) is 11.3 Å². The van der Waals surface area contributed by atoms with Gasteiger partial charge in [-0.1, -0.05) is 67.3 Å². The minimum Gasteiger partial charge on any atom is -0.358 e. The molecular weight excluding hydrogens is 330 g/mol. The van der Waals surface area contributed by atoms with Crippen molar-refractivity contribution in [2.45, 2.75) is 18.2 Å². The van der Waals surface area contributed by atoms with E-state index in [-0.39, 0.29) is 17.7 Å². The van der Waals surface area contributed by atoms with Gasteiger partial charge in [-0.3, -0.25) is 9.59 Å². The summed E-state index contributed by atoms with van der Waals surface area (Å²) in [4.78, 5) is 28.0. The third-order valence-electron chi connectivity index (χ3n) is 3.02. The van der Waals surface area contributed by atoms with Gasteiger partial charge in [0.1, 0.15) is 10.7 Å². The van der Waals surface area contributed by atoms with Crippen molar-refractivity contribution in [3.63, 3.8) is 0 Å². The third-order valence-corrected chi connectivity index (χ3v) is 5.14. The highest BCUT2D eigenvalue weighted by Gasteiger charge is 2.17. The highest BCUT2D eigenvalue weighted by molar-refractivity contribution is 8.01. The van der Waals surface area contributed by atoms with Crippen LogP contribution in [0.2, 0.25) is 0 Å². The summed E-state index contributed by atoms with van der Waals surface area (Å²) < 4.78 is 0.756. The molecule has 2 aromatic rings. The van der Waals surface area contributed by atoms with E-state index in [1.54, 1.807) is 7.05 Å². The molecule has 0 atom stereocenters. The van der Waals surface area contributed by atoms with Crippen LogP contribution in [0, 0.1) is 5.92 Å². The number of thioether (sulfide) groups is 1. The van der Waals surface area contributed by atoms with E-state index >= 15 is 0 Å². The molecule has 122 valence electrons.